The normalized spacial score (nSPS) is 17.0. The molecule has 0 atom stereocenters. The first kappa shape index (κ1) is 9.02. The summed E-state index contributed by atoms with van der Waals surface area (Å²) in [5.74, 6) is -2.73. The number of aryl methyl sites for hydroxylation is 2. The fourth-order valence-corrected chi connectivity index (χ4v) is 2.70. The van der Waals surface area contributed by atoms with Crippen molar-refractivity contribution in [2.75, 3.05) is 0 Å². The van der Waals surface area contributed by atoms with Crippen LogP contribution in [0.25, 0.3) is 22.4 Å². The lowest BCUT2D eigenvalue weighted by Crippen LogP contribution is -2.30. The topological polar surface area (TPSA) is 3.88 Å². The Morgan fingerprint density at radius 1 is 0.957 bits per heavy atom. The van der Waals surface area contributed by atoms with Gasteiger partial charge in [0, 0.05) is 27.3 Å². The van der Waals surface area contributed by atoms with Gasteiger partial charge in [0.2, 0.25) is 5.69 Å². The number of benzene rings is 2. The van der Waals surface area contributed by atoms with Crippen LogP contribution in [0.2, 0.25) is 0 Å². The average Bonchev–Trinajstić information content (AvgIpc) is 2.67. The highest BCUT2D eigenvalue weighted by Crippen LogP contribution is 2.29. The summed E-state index contributed by atoms with van der Waals surface area (Å²) in [7, 11) is 1.81. The number of aromatic nitrogens is 1. The predicted molar refractivity (Wildman–Crippen MR) is 97.3 cm³/mol. The van der Waals surface area contributed by atoms with Crippen molar-refractivity contribution in [2.45, 2.75) is 26.5 Å². The minimum atomic E-state index is -3.02. The van der Waals surface area contributed by atoms with Gasteiger partial charge in [0.1, 0.15) is 7.05 Å². The number of nitrogens with zero attached hydrogens (tertiary/aromatic N) is 1. The molecule has 23 heavy (non-hydrogen) atoms. The zero-order valence-corrected chi connectivity index (χ0v) is 13.3. The third-order valence-electron chi connectivity index (χ3n) is 4.06. The second-order valence-electron chi connectivity index (χ2n) is 5.68. The molecule has 0 spiro atoms. The highest BCUT2D eigenvalue weighted by molar-refractivity contribution is 5.72. The number of rotatable bonds is 3. The van der Waals surface area contributed by atoms with E-state index in [4.69, 9.17) is 9.60 Å². The zero-order valence-electron chi connectivity index (χ0n) is 20.3. The fourth-order valence-electron chi connectivity index (χ4n) is 2.70. The molecule has 3 rings (SSSR count). The summed E-state index contributed by atoms with van der Waals surface area (Å²) in [5, 5.41) is 0. The monoisotopic (exact) mass is 309 g/mol. The van der Waals surface area contributed by atoms with Crippen molar-refractivity contribution < 1.29 is 14.2 Å². The van der Waals surface area contributed by atoms with Gasteiger partial charge in [0.25, 0.3) is 0 Å². The molecule has 0 amide bonds. The van der Waals surface area contributed by atoms with E-state index in [0.29, 0.717) is 5.69 Å². The molecule has 0 aliphatic heterocycles. The second kappa shape index (κ2) is 6.37. The molecular weight excluding hydrogens is 278 g/mol. The van der Waals surface area contributed by atoms with Gasteiger partial charge in [-0.2, -0.15) is 0 Å². The number of hydrogen-bond donors (Lipinski definition) is 0. The van der Waals surface area contributed by atoms with Gasteiger partial charge in [0.15, 0.2) is 6.20 Å². The molecule has 1 nitrogen and oxygen atoms in total. The van der Waals surface area contributed by atoms with E-state index in [9.17, 15) is 0 Å². The summed E-state index contributed by atoms with van der Waals surface area (Å²) >= 11 is 0. The molecule has 1 heteroatoms. The summed E-state index contributed by atoms with van der Waals surface area (Å²) in [4.78, 5) is 0. The Bertz CT molecular complexity index is 1040. The van der Waals surface area contributed by atoms with Crippen LogP contribution in [0.1, 0.15) is 40.3 Å². The number of pyridine rings is 1. The maximum Gasteiger partial charge on any atom is 0.212 e. The molecule has 0 fully saturated rings. The van der Waals surface area contributed by atoms with Crippen molar-refractivity contribution in [3.63, 3.8) is 0 Å². The molecule has 0 unspecified atom stereocenters. The third-order valence-corrected chi connectivity index (χ3v) is 4.06. The van der Waals surface area contributed by atoms with E-state index < -0.39 is 19.6 Å². The van der Waals surface area contributed by atoms with Crippen molar-refractivity contribution in [1.29, 1.82) is 0 Å². The largest absolute Gasteiger partial charge is 0.212 e. The van der Waals surface area contributed by atoms with Gasteiger partial charge in [-0.15, -0.1) is 0 Å². The quantitative estimate of drug-likeness (QED) is 0.580. The molecule has 0 bridgehead atoms. The molecule has 0 saturated carbocycles. The maximum absolute atomic E-state index is 8.49. The van der Waals surface area contributed by atoms with Crippen LogP contribution in [0.5, 0.6) is 0 Å². The highest BCUT2D eigenvalue weighted by Gasteiger charge is 2.15. The van der Waals surface area contributed by atoms with Crippen molar-refractivity contribution in [1.82, 2.24) is 0 Å². The zero-order chi connectivity index (χ0) is 22.3. The first-order valence-corrected chi connectivity index (χ1v) is 7.53. The van der Waals surface area contributed by atoms with Crippen LogP contribution in [-0.2, 0) is 7.05 Å². The van der Waals surface area contributed by atoms with Crippen LogP contribution in [0, 0.1) is 6.92 Å². The lowest BCUT2D eigenvalue weighted by Gasteiger charge is -2.11. The lowest BCUT2D eigenvalue weighted by molar-refractivity contribution is -0.660. The van der Waals surface area contributed by atoms with Crippen LogP contribution in [0.3, 0.4) is 0 Å². The van der Waals surface area contributed by atoms with E-state index in [2.05, 4.69) is 0 Å². The van der Waals surface area contributed by atoms with E-state index in [1.807, 2.05) is 62.5 Å². The van der Waals surface area contributed by atoms with Crippen molar-refractivity contribution in [3.05, 3.63) is 78.0 Å². The molecule has 0 aliphatic rings. The molecule has 1 aromatic heterocycles. The Hall–Kier alpha value is -2.41. The molecular formula is C22H24N+. The summed E-state index contributed by atoms with van der Waals surface area (Å²) in [6, 6.07) is 18.8. The molecule has 0 radical (unpaired) electrons. The van der Waals surface area contributed by atoms with Crippen molar-refractivity contribution in [2.24, 2.45) is 7.05 Å². The Balaban J connectivity index is 2.22. The van der Waals surface area contributed by atoms with Crippen LogP contribution < -0.4 is 4.57 Å². The van der Waals surface area contributed by atoms with Gasteiger partial charge in [-0.05, 0) is 41.1 Å². The third kappa shape index (κ3) is 3.19. The van der Waals surface area contributed by atoms with Crippen molar-refractivity contribution in [3.8, 4) is 22.4 Å². The molecule has 0 N–H and O–H groups in total. The minimum absolute atomic E-state index is 0.0554. The Morgan fingerprint density at radius 2 is 1.74 bits per heavy atom. The maximum atomic E-state index is 8.49. The van der Waals surface area contributed by atoms with Gasteiger partial charge in [-0.25, -0.2) is 4.57 Å². The summed E-state index contributed by atoms with van der Waals surface area (Å²) in [5.41, 5.74) is 4.43. The van der Waals surface area contributed by atoms with E-state index in [0.717, 1.165) is 22.3 Å². The first-order valence-electron chi connectivity index (χ1n) is 11.0. The standard InChI is InChI=1S/C22H24N/c1-16(2)19-12-13-23(4)22(15-19)21-14-20(11-10-17(21)3)18-8-6-5-7-9-18/h5-16H,1-4H3/q+1/i1D3,2D3,16D. The molecule has 0 saturated heterocycles. The summed E-state index contributed by atoms with van der Waals surface area (Å²) < 4.78 is 56.9. The van der Waals surface area contributed by atoms with Gasteiger partial charge in [0.05, 0.1) is 0 Å². The van der Waals surface area contributed by atoms with Crippen molar-refractivity contribution >= 4 is 0 Å². The minimum Gasteiger partial charge on any atom is -0.201 e. The molecule has 2 aromatic carbocycles. The van der Waals surface area contributed by atoms with E-state index in [1.165, 1.54) is 12.1 Å². The Kier molecular flexibility index (Phi) is 2.50. The highest BCUT2D eigenvalue weighted by atomic mass is 14.9. The van der Waals surface area contributed by atoms with E-state index >= 15 is 0 Å². The Labute approximate surface area is 149 Å². The van der Waals surface area contributed by atoms with E-state index in [1.54, 1.807) is 10.8 Å². The molecule has 0 aliphatic carbocycles. The smallest absolute Gasteiger partial charge is 0.201 e. The van der Waals surface area contributed by atoms with Gasteiger partial charge < -0.3 is 0 Å². The Morgan fingerprint density at radius 3 is 2.48 bits per heavy atom. The number of hydrogen-bond acceptors (Lipinski definition) is 0. The summed E-state index contributed by atoms with van der Waals surface area (Å²) in [6.45, 7) is -4.09. The second-order valence-corrected chi connectivity index (χ2v) is 5.68. The first-order chi connectivity index (χ1) is 13.9. The molecule has 1 heterocycles. The van der Waals surface area contributed by atoms with Crippen LogP contribution >= 0.6 is 0 Å². The van der Waals surface area contributed by atoms with Crippen LogP contribution in [0.4, 0.5) is 0 Å². The predicted octanol–water partition coefficient (Wildman–Crippen LogP) is 5.28. The lowest BCUT2D eigenvalue weighted by atomic mass is 9.95. The van der Waals surface area contributed by atoms with Gasteiger partial charge in [-0.3, -0.25) is 0 Å². The van der Waals surface area contributed by atoms with Gasteiger partial charge in [-0.1, -0.05) is 56.2 Å². The molecule has 3 aromatic rings. The van der Waals surface area contributed by atoms with Crippen LogP contribution in [-0.4, -0.2) is 0 Å². The fraction of sp³-hybridized carbons (Fsp3) is 0.227. The SMILES string of the molecule is [2H]C([2H])([2H])C([2H])(c1cc[n+](C)c(-c2cc(-c3ccccc3)ccc2C)c1)C([2H])([2H])[2H]. The summed E-state index contributed by atoms with van der Waals surface area (Å²) in [6.07, 6.45) is 1.61. The average molecular weight is 309 g/mol. The molecule has 116 valence electrons. The van der Waals surface area contributed by atoms with Gasteiger partial charge >= 0.3 is 0 Å². The van der Waals surface area contributed by atoms with Crippen LogP contribution in [0.15, 0.2) is 66.9 Å². The van der Waals surface area contributed by atoms with E-state index in [-0.39, 0.29) is 5.56 Å².